The van der Waals surface area contributed by atoms with Crippen LogP contribution in [0, 0.1) is 3.57 Å². The zero-order chi connectivity index (χ0) is 12.1. The number of hydrogen-bond donors (Lipinski definition) is 1. The molecule has 0 bridgehead atoms. The quantitative estimate of drug-likeness (QED) is 0.578. The van der Waals surface area contributed by atoms with Crippen molar-refractivity contribution in [3.63, 3.8) is 0 Å². The molecule has 0 aliphatic heterocycles. The fourth-order valence-electron chi connectivity index (χ4n) is 1.56. The highest BCUT2D eigenvalue weighted by Crippen LogP contribution is 2.27. The molecule has 1 aromatic rings. The Hall–Kier alpha value is 0.130. The Labute approximate surface area is 120 Å². The van der Waals surface area contributed by atoms with Crippen molar-refractivity contribution < 1.29 is 0 Å². The Kier molecular flexibility index (Phi) is 6.00. The maximum atomic E-state index is 3.62. The summed E-state index contributed by atoms with van der Waals surface area (Å²) in [5, 5.41) is 3.49. The summed E-state index contributed by atoms with van der Waals surface area (Å²) in [6, 6.07) is 6.73. The Balaban J connectivity index is 3.09. The Morgan fingerprint density at radius 1 is 1.50 bits per heavy atom. The van der Waals surface area contributed by atoms with Gasteiger partial charge in [0.1, 0.15) is 0 Å². The van der Waals surface area contributed by atoms with Crippen molar-refractivity contribution in [1.82, 2.24) is 5.32 Å². The first-order chi connectivity index (χ1) is 7.54. The van der Waals surface area contributed by atoms with Gasteiger partial charge in [-0.3, -0.25) is 0 Å². The number of rotatable bonds is 4. The number of benzene rings is 1. The molecule has 1 aromatic carbocycles. The van der Waals surface area contributed by atoms with Gasteiger partial charge in [-0.15, -0.1) is 0 Å². The molecular weight excluding hydrogens is 377 g/mol. The molecule has 1 unspecified atom stereocenters. The molecule has 0 spiro atoms. The second-order valence-corrected chi connectivity index (χ2v) is 6.05. The minimum atomic E-state index is 0.291. The third kappa shape index (κ3) is 4.18. The zero-order valence-corrected chi connectivity index (χ0v) is 13.6. The first kappa shape index (κ1) is 14.2. The van der Waals surface area contributed by atoms with E-state index >= 15 is 0 Å². The van der Waals surface area contributed by atoms with Gasteiger partial charge in [-0.1, -0.05) is 34.5 Å². The van der Waals surface area contributed by atoms with Gasteiger partial charge in [-0.2, -0.15) is 0 Å². The maximum absolute atomic E-state index is 3.62. The first-order valence-electron chi connectivity index (χ1n) is 5.38. The zero-order valence-electron chi connectivity index (χ0n) is 9.85. The van der Waals surface area contributed by atoms with Gasteiger partial charge in [0, 0.05) is 8.04 Å². The van der Waals surface area contributed by atoms with Crippen LogP contribution in [0.4, 0.5) is 0 Å². The van der Waals surface area contributed by atoms with Crippen LogP contribution in [0.2, 0.25) is 0 Å². The second kappa shape index (κ2) is 6.77. The largest absolute Gasteiger partial charge is 0.307 e. The van der Waals surface area contributed by atoms with E-state index < -0.39 is 0 Å². The summed E-state index contributed by atoms with van der Waals surface area (Å²) in [5.74, 6) is 0. The molecule has 0 aliphatic rings. The van der Waals surface area contributed by atoms with E-state index in [0.717, 1.165) is 11.0 Å². The molecule has 0 amide bonds. The molecule has 1 rings (SSSR count). The maximum Gasteiger partial charge on any atom is 0.0520 e. The average molecular weight is 394 g/mol. The van der Waals surface area contributed by atoms with Crippen molar-refractivity contribution >= 4 is 38.5 Å². The van der Waals surface area contributed by atoms with Crippen LogP contribution in [0.15, 0.2) is 34.3 Å². The van der Waals surface area contributed by atoms with Gasteiger partial charge in [0.25, 0.3) is 0 Å². The van der Waals surface area contributed by atoms with Crippen molar-refractivity contribution in [2.75, 3.05) is 6.54 Å². The third-order valence-corrected chi connectivity index (χ3v) is 3.61. The van der Waals surface area contributed by atoms with E-state index in [1.54, 1.807) is 0 Å². The summed E-state index contributed by atoms with van der Waals surface area (Å²) >= 11 is 5.97. The summed E-state index contributed by atoms with van der Waals surface area (Å²) in [7, 11) is 0. The van der Waals surface area contributed by atoms with E-state index in [4.69, 9.17) is 0 Å². The van der Waals surface area contributed by atoms with Crippen LogP contribution in [0.5, 0.6) is 0 Å². The Morgan fingerprint density at radius 3 is 2.75 bits per heavy atom. The van der Waals surface area contributed by atoms with Gasteiger partial charge in [0.2, 0.25) is 0 Å². The van der Waals surface area contributed by atoms with E-state index in [9.17, 15) is 0 Å². The molecule has 0 aromatic heterocycles. The minimum absolute atomic E-state index is 0.291. The van der Waals surface area contributed by atoms with Crippen molar-refractivity contribution in [3.8, 4) is 0 Å². The molecule has 0 radical (unpaired) electrons. The molecule has 0 aliphatic carbocycles. The molecule has 0 saturated carbocycles. The highest BCUT2D eigenvalue weighted by atomic mass is 127. The lowest BCUT2D eigenvalue weighted by molar-refractivity contribution is 0.642. The predicted octanol–water partition coefficient (Wildman–Crippen LogP) is 4.67. The van der Waals surface area contributed by atoms with Gasteiger partial charge in [0.15, 0.2) is 0 Å². The van der Waals surface area contributed by atoms with Crippen LogP contribution in [-0.4, -0.2) is 6.54 Å². The molecule has 88 valence electrons. The van der Waals surface area contributed by atoms with Gasteiger partial charge < -0.3 is 5.32 Å². The SMILES string of the molecule is CCNC(C=C(C)C)c1cc(I)ccc1Br. The van der Waals surface area contributed by atoms with E-state index in [2.05, 4.69) is 88.9 Å². The fourth-order valence-corrected chi connectivity index (χ4v) is 2.57. The van der Waals surface area contributed by atoms with E-state index in [1.807, 2.05) is 0 Å². The standard InChI is InChI=1S/C13H17BrIN/c1-4-16-13(7-9(2)3)11-8-10(15)5-6-12(11)14/h5-8,13,16H,4H2,1-3H3. The molecule has 1 atom stereocenters. The van der Waals surface area contributed by atoms with Crippen LogP contribution in [0.3, 0.4) is 0 Å². The summed E-state index contributed by atoms with van der Waals surface area (Å²) in [5.41, 5.74) is 2.63. The number of likely N-dealkylation sites (N-methyl/N-ethyl adjacent to an activating group) is 1. The lowest BCUT2D eigenvalue weighted by atomic mass is 10.0. The molecule has 1 N–H and O–H groups in total. The number of nitrogens with one attached hydrogen (secondary N) is 1. The topological polar surface area (TPSA) is 12.0 Å². The van der Waals surface area contributed by atoms with Crippen LogP contribution < -0.4 is 5.32 Å². The molecule has 16 heavy (non-hydrogen) atoms. The summed E-state index contributed by atoms with van der Waals surface area (Å²) in [6.07, 6.45) is 2.26. The van der Waals surface area contributed by atoms with E-state index in [1.165, 1.54) is 14.7 Å². The first-order valence-corrected chi connectivity index (χ1v) is 7.25. The highest BCUT2D eigenvalue weighted by Gasteiger charge is 2.11. The molecule has 0 fully saturated rings. The molecule has 0 heterocycles. The van der Waals surface area contributed by atoms with Crippen LogP contribution in [0.1, 0.15) is 32.4 Å². The Bertz CT molecular complexity index is 384. The third-order valence-electron chi connectivity index (χ3n) is 2.22. The fraction of sp³-hybridized carbons (Fsp3) is 0.385. The smallest absolute Gasteiger partial charge is 0.0520 e. The molecule has 1 nitrogen and oxygen atoms in total. The molecular formula is C13H17BrIN. The Morgan fingerprint density at radius 2 is 2.19 bits per heavy atom. The van der Waals surface area contributed by atoms with Gasteiger partial charge in [0.05, 0.1) is 6.04 Å². The predicted molar refractivity (Wildman–Crippen MR) is 82.7 cm³/mol. The normalized spacial score (nSPS) is 12.3. The van der Waals surface area contributed by atoms with Gasteiger partial charge in [-0.05, 0) is 66.7 Å². The second-order valence-electron chi connectivity index (χ2n) is 3.95. The van der Waals surface area contributed by atoms with Crippen LogP contribution >= 0.6 is 38.5 Å². The lowest BCUT2D eigenvalue weighted by Gasteiger charge is -2.17. The monoisotopic (exact) mass is 393 g/mol. The molecule has 0 saturated heterocycles. The number of hydrogen-bond acceptors (Lipinski definition) is 1. The van der Waals surface area contributed by atoms with Gasteiger partial charge in [-0.25, -0.2) is 0 Å². The van der Waals surface area contributed by atoms with Crippen molar-refractivity contribution in [3.05, 3.63) is 43.5 Å². The minimum Gasteiger partial charge on any atom is -0.307 e. The summed E-state index contributed by atoms with van der Waals surface area (Å²) < 4.78 is 2.43. The van der Waals surface area contributed by atoms with E-state index in [-0.39, 0.29) is 0 Å². The van der Waals surface area contributed by atoms with Crippen molar-refractivity contribution in [2.45, 2.75) is 26.8 Å². The number of halogens is 2. The van der Waals surface area contributed by atoms with Crippen LogP contribution in [0.25, 0.3) is 0 Å². The van der Waals surface area contributed by atoms with Crippen molar-refractivity contribution in [2.24, 2.45) is 0 Å². The summed E-state index contributed by atoms with van der Waals surface area (Å²) in [6.45, 7) is 7.36. The van der Waals surface area contributed by atoms with Gasteiger partial charge >= 0.3 is 0 Å². The van der Waals surface area contributed by atoms with Crippen LogP contribution in [-0.2, 0) is 0 Å². The van der Waals surface area contributed by atoms with E-state index in [0.29, 0.717) is 6.04 Å². The highest BCUT2D eigenvalue weighted by molar-refractivity contribution is 14.1. The number of allylic oxidation sites excluding steroid dienone is 1. The molecule has 3 heteroatoms. The average Bonchev–Trinajstić information content (AvgIpc) is 2.20. The lowest BCUT2D eigenvalue weighted by Crippen LogP contribution is -2.19. The van der Waals surface area contributed by atoms with Crippen molar-refractivity contribution in [1.29, 1.82) is 0 Å². The summed E-state index contributed by atoms with van der Waals surface area (Å²) in [4.78, 5) is 0.